The number of carbonyl (C=O) groups is 1. The highest BCUT2D eigenvalue weighted by molar-refractivity contribution is 7.15. The van der Waals surface area contributed by atoms with Gasteiger partial charge >= 0.3 is 0 Å². The fourth-order valence-corrected chi connectivity index (χ4v) is 2.80. The van der Waals surface area contributed by atoms with E-state index in [0.717, 1.165) is 16.3 Å². The highest BCUT2D eigenvalue weighted by Gasteiger charge is 2.27. The van der Waals surface area contributed by atoms with Gasteiger partial charge in [0.1, 0.15) is 10.8 Å². The average molecular weight is 289 g/mol. The number of ether oxygens (including phenoxy) is 1. The Hall–Kier alpha value is -1.95. The van der Waals surface area contributed by atoms with E-state index in [-0.39, 0.29) is 5.91 Å². The van der Waals surface area contributed by atoms with Crippen LogP contribution in [-0.2, 0) is 11.2 Å². The fourth-order valence-electron chi connectivity index (χ4n) is 1.87. The van der Waals surface area contributed by atoms with Crippen molar-refractivity contribution < 1.29 is 9.53 Å². The Balaban J connectivity index is 1.57. The minimum absolute atomic E-state index is 0.0753. The molecule has 0 spiro atoms. The van der Waals surface area contributed by atoms with Crippen LogP contribution in [0.1, 0.15) is 29.3 Å². The molecule has 104 valence electrons. The van der Waals surface area contributed by atoms with Crippen molar-refractivity contribution in [2.45, 2.75) is 25.2 Å². The average Bonchev–Trinajstić information content (AvgIpc) is 3.20. The van der Waals surface area contributed by atoms with Gasteiger partial charge in [0, 0.05) is 5.92 Å². The molecule has 1 amide bonds. The molecule has 1 aromatic heterocycles. The highest BCUT2D eigenvalue weighted by Crippen LogP contribution is 2.42. The molecule has 1 aromatic carbocycles. The number of rotatable bonds is 5. The maximum atomic E-state index is 11.9. The zero-order chi connectivity index (χ0) is 13.9. The van der Waals surface area contributed by atoms with Crippen LogP contribution in [0.25, 0.3) is 0 Å². The summed E-state index contributed by atoms with van der Waals surface area (Å²) in [5.74, 6) is 1.28. The van der Waals surface area contributed by atoms with Gasteiger partial charge < -0.3 is 10.1 Å². The van der Waals surface area contributed by atoms with E-state index in [1.54, 1.807) is 7.11 Å². The Kier molecular flexibility index (Phi) is 3.64. The predicted molar refractivity (Wildman–Crippen MR) is 77.2 cm³/mol. The van der Waals surface area contributed by atoms with Crippen molar-refractivity contribution in [1.82, 2.24) is 10.2 Å². The molecule has 3 rings (SSSR count). The molecule has 2 aromatic rings. The van der Waals surface area contributed by atoms with Crippen LogP contribution < -0.4 is 10.1 Å². The van der Waals surface area contributed by atoms with E-state index in [0.29, 0.717) is 17.5 Å². The van der Waals surface area contributed by atoms with E-state index in [9.17, 15) is 4.79 Å². The molecule has 0 saturated heterocycles. The molecule has 0 radical (unpaired) electrons. The third-order valence-electron chi connectivity index (χ3n) is 3.14. The minimum Gasteiger partial charge on any atom is -0.497 e. The first kappa shape index (κ1) is 13.1. The Labute approximate surface area is 121 Å². The summed E-state index contributed by atoms with van der Waals surface area (Å²) in [5.41, 5.74) is 0.940. The number of aromatic nitrogens is 2. The van der Waals surface area contributed by atoms with Crippen LogP contribution >= 0.6 is 11.3 Å². The maximum Gasteiger partial charge on any atom is 0.230 e. The van der Waals surface area contributed by atoms with Gasteiger partial charge in [-0.25, -0.2) is 0 Å². The van der Waals surface area contributed by atoms with Crippen LogP contribution in [0.5, 0.6) is 5.75 Å². The van der Waals surface area contributed by atoms with Crippen molar-refractivity contribution in [2.75, 3.05) is 12.4 Å². The Bertz CT molecular complexity index is 605. The molecular formula is C14H15N3O2S. The predicted octanol–water partition coefficient (Wildman–Crippen LogP) is 2.61. The lowest BCUT2D eigenvalue weighted by molar-refractivity contribution is -0.115. The van der Waals surface area contributed by atoms with Crippen molar-refractivity contribution in [2.24, 2.45) is 0 Å². The minimum atomic E-state index is -0.0753. The van der Waals surface area contributed by atoms with Crippen molar-refractivity contribution in [3.8, 4) is 5.75 Å². The fraction of sp³-hybridized carbons (Fsp3) is 0.357. The molecule has 1 saturated carbocycles. The quantitative estimate of drug-likeness (QED) is 0.919. The van der Waals surface area contributed by atoms with Gasteiger partial charge in [0.25, 0.3) is 0 Å². The lowest BCUT2D eigenvalue weighted by Crippen LogP contribution is -2.14. The second-order valence-corrected chi connectivity index (χ2v) is 5.80. The number of anilines is 1. The zero-order valence-corrected chi connectivity index (χ0v) is 11.9. The molecule has 1 N–H and O–H groups in total. The molecule has 0 aliphatic heterocycles. The molecule has 5 nitrogen and oxygen atoms in total. The van der Waals surface area contributed by atoms with Crippen LogP contribution in [0.4, 0.5) is 5.13 Å². The third-order valence-corrected chi connectivity index (χ3v) is 4.14. The van der Waals surface area contributed by atoms with Crippen LogP contribution in [0.15, 0.2) is 24.3 Å². The van der Waals surface area contributed by atoms with Gasteiger partial charge in [-0.05, 0) is 30.5 Å². The number of hydrogen-bond donors (Lipinski definition) is 1. The number of carbonyl (C=O) groups excluding carboxylic acids is 1. The van der Waals surface area contributed by atoms with Gasteiger partial charge in [-0.2, -0.15) is 0 Å². The van der Waals surface area contributed by atoms with Crippen molar-refractivity contribution >= 4 is 22.4 Å². The normalized spacial score (nSPS) is 14.1. The lowest BCUT2D eigenvalue weighted by atomic mass is 10.1. The molecule has 1 fully saturated rings. The molecule has 1 aliphatic carbocycles. The molecule has 20 heavy (non-hydrogen) atoms. The lowest BCUT2D eigenvalue weighted by Gasteiger charge is -2.03. The van der Waals surface area contributed by atoms with Crippen molar-refractivity contribution in [3.05, 3.63) is 34.8 Å². The van der Waals surface area contributed by atoms with E-state index in [1.165, 1.54) is 24.2 Å². The first-order chi connectivity index (χ1) is 9.74. The van der Waals surface area contributed by atoms with Gasteiger partial charge in [-0.3, -0.25) is 4.79 Å². The number of hydrogen-bond acceptors (Lipinski definition) is 5. The Morgan fingerprint density at radius 2 is 2.10 bits per heavy atom. The second kappa shape index (κ2) is 5.58. The van der Waals surface area contributed by atoms with Crippen LogP contribution in [-0.4, -0.2) is 23.2 Å². The van der Waals surface area contributed by atoms with Gasteiger partial charge in [0.15, 0.2) is 0 Å². The smallest absolute Gasteiger partial charge is 0.230 e. The van der Waals surface area contributed by atoms with Crippen molar-refractivity contribution in [3.63, 3.8) is 0 Å². The zero-order valence-electron chi connectivity index (χ0n) is 11.1. The van der Waals surface area contributed by atoms with Gasteiger partial charge in [0.05, 0.1) is 13.5 Å². The first-order valence-corrected chi connectivity index (χ1v) is 7.32. The summed E-state index contributed by atoms with van der Waals surface area (Å²) in [6.07, 6.45) is 2.70. The summed E-state index contributed by atoms with van der Waals surface area (Å²) in [6, 6.07) is 7.46. The number of benzene rings is 1. The number of nitrogens with zero attached hydrogens (tertiary/aromatic N) is 2. The topological polar surface area (TPSA) is 64.1 Å². The van der Waals surface area contributed by atoms with Gasteiger partial charge in [0.2, 0.25) is 11.0 Å². The second-order valence-electron chi connectivity index (χ2n) is 4.79. The van der Waals surface area contributed by atoms with E-state index < -0.39 is 0 Å². The van der Waals surface area contributed by atoms with Gasteiger partial charge in [-0.15, -0.1) is 10.2 Å². The third kappa shape index (κ3) is 3.14. The van der Waals surface area contributed by atoms with Crippen LogP contribution in [0.2, 0.25) is 0 Å². The Morgan fingerprint density at radius 1 is 1.35 bits per heavy atom. The summed E-state index contributed by atoms with van der Waals surface area (Å²) in [7, 11) is 1.62. The molecular weight excluding hydrogens is 274 g/mol. The number of methoxy groups -OCH3 is 1. The molecule has 1 heterocycles. The standard InChI is InChI=1S/C14H15N3O2S/c1-19-11-6-2-9(3-7-11)8-12(18)15-14-17-16-13(20-14)10-4-5-10/h2-3,6-7,10H,4-5,8H2,1H3,(H,15,17,18). The number of amides is 1. The SMILES string of the molecule is COc1ccc(CC(=O)Nc2nnc(C3CC3)s2)cc1. The number of nitrogens with one attached hydrogen (secondary N) is 1. The van der Waals surface area contributed by atoms with E-state index >= 15 is 0 Å². The largest absolute Gasteiger partial charge is 0.497 e. The Morgan fingerprint density at radius 3 is 2.75 bits per heavy atom. The molecule has 6 heteroatoms. The molecule has 0 unspecified atom stereocenters. The first-order valence-electron chi connectivity index (χ1n) is 6.51. The van der Waals surface area contributed by atoms with Gasteiger partial charge in [-0.1, -0.05) is 23.5 Å². The van der Waals surface area contributed by atoms with Crippen molar-refractivity contribution in [1.29, 1.82) is 0 Å². The molecule has 0 bridgehead atoms. The summed E-state index contributed by atoms with van der Waals surface area (Å²) in [5, 5.41) is 12.5. The van der Waals surface area contributed by atoms with Crippen LogP contribution in [0.3, 0.4) is 0 Å². The molecule has 0 atom stereocenters. The van der Waals surface area contributed by atoms with Crippen LogP contribution in [0, 0.1) is 0 Å². The molecule has 1 aliphatic rings. The monoisotopic (exact) mass is 289 g/mol. The van der Waals surface area contributed by atoms with E-state index in [1.807, 2.05) is 24.3 Å². The summed E-state index contributed by atoms with van der Waals surface area (Å²) >= 11 is 1.47. The van der Waals surface area contributed by atoms with E-state index in [4.69, 9.17) is 4.74 Å². The highest BCUT2D eigenvalue weighted by atomic mass is 32.1. The summed E-state index contributed by atoms with van der Waals surface area (Å²) in [6.45, 7) is 0. The maximum absolute atomic E-state index is 11.9. The summed E-state index contributed by atoms with van der Waals surface area (Å²) < 4.78 is 5.08. The summed E-state index contributed by atoms with van der Waals surface area (Å²) in [4.78, 5) is 11.9. The van der Waals surface area contributed by atoms with E-state index in [2.05, 4.69) is 15.5 Å².